The van der Waals surface area contributed by atoms with E-state index >= 15 is 0 Å². The zero-order chi connectivity index (χ0) is 15.1. The number of nitrogens with zero attached hydrogens (tertiary/aromatic N) is 2. The van der Waals surface area contributed by atoms with Gasteiger partial charge in [-0.15, -0.1) is 0 Å². The molecule has 0 bridgehead atoms. The number of benzene rings is 1. The van der Waals surface area contributed by atoms with Gasteiger partial charge < -0.3 is 10.6 Å². The van der Waals surface area contributed by atoms with Crippen LogP contribution in [0.5, 0.6) is 0 Å². The van der Waals surface area contributed by atoms with E-state index in [0.29, 0.717) is 0 Å². The quantitative estimate of drug-likeness (QED) is 0.439. The van der Waals surface area contributed by atoms with Crippen molar-refractivity contribution in [3.8, 4) is 0 Å². The highest BCUT2D eigenvalue weighted by molar-refractivity contribution is 7.89. The monoisotopic (exact) mass is 300 g/mol. The molecule has 1 aromatic carbocycles. The van der Waals surface area contributed by atoms with Gasteiger partial charge in [-0.25, -0.2) is 13.6 Å². The molecule has 0 radical (unpaired) electrons. The number of hydrogen-bond acceptors (Lipinski definition) is 6. The van der Waals surface area contributed by atoms with Crippen LogP contribution in [0.4, 0.5) is 17.1 Å². The van der Waals surface area contributed by atoms with Crippen LogP contribution in [0.1, 0.15) is 6.42 Å². The highest BCUT2D eigenvalue weighted by Crippen LogP contribution is 2.32. The second kappa shape index (κ2) is 4.72. The van der Waals surface area contributed by atoms with E-state index in [9.17, 15) is 23.3 Å². The first-order valence-electron chi connectivity index (χ1n) is 5.56. The molecule has 0 saturated carbocycles. The average Bonchev–Trinajstić information content (AvgIpc) is 2.71. The maximum atomic E-state index is 11.8. The van der Waals surface area contributed by atoms with E-state index in [1.807, 2.05) is 0 Å². The Balaban J connectivity index is 2.40. The van der Waals surface area contributed by atoms with Gasteiger partial charge in [0.15, 0.2) is 0 Å². The summed E-state index contributed by atoms with van der Waals surface area (Å²) in [5.41, 5.74) is 5.73. The van der Waals surface area contributed by atoms with Gasteiger partial charge in [-0.1, -0.05) is 0 Å². The largest absolute Gasteiger partial charge is 0.397 e. The Morgan fingerprint density at radius 3 is 2.55 bits per heavy atom. The topological polar surface area (TPSA) is 150 Å². The van der Waals surface area contributed by atoms with Gasteiger partial charge in [-0.2, -0.15) is 0 Å². The predicted octanol–water partition coefficient (Wildman–Crippen LogP) is -0.429. The molecule has 4 N–H and O–H groups in total. The van der Waals surface area contributed by atoms with Gasteiger partial charge in [-0.05, 0) is 6.07 Å². The summed E-state index contributed by atoms with van der Waals surface area (Å²) in [5, 5.41) is 14.7. The van der Waals surface area contributed by atoms with Crippen LogP contribution >= 0.6 is 0 Å². The number of amides is 1. The fourth-order valence-electron chi connectivity index (χ4n) is 2.01. The zero-order valence-electron chi connectivity index (χ0n) is 10.2. The minimum absolute atomic E-state index is 0.121. The van der Waals surface area contributed by atoms with Crippen molar-refractivity contribution in [3.63, 3.8) is 0 Å². The number of hydrogen-bond donors (Lipinski definition) is 2. The van der Waals surface area contributed by atoms with Crippen LogP contribution in [0, 0.1) is 10.1 Å². The van der Waals surface area contributed by atoms with E-state index in [1.165, 1.54) is 12.1 Å². The molecule has 1 saturated heterocycles. The number of nitrogens with two attached hydrogens (primary N) is 2. The Morgan fingerprint density at radius 2 is 2.05 bits per heavy atom. The highest BCUT2D eigenvalue weighted by Gasteiger charge is 2.38. The van der Waals surface area contributed by atoms with Gasteiger partial charge in [0.1, 0.15) is 5.25 Å². The molecule has 1 unspecified atom stereocenters. The standard InChI is InChI=1S/C10H12N4O5S/c11-8-2-1-6(14(16)17)3-9(8)13-5-7(4-10(13)15)20(12,18)19/h1-3,7H,4-5,11H2,(H2,12,18,19). The van der Waals surface area contributed by atoms with E-state index in [0.717, 1.165) is 11.0 Å². The first-order chi connectivity index (χ1) is 9.20. The van der Waals surface area contributed by atoms with Crippen molar-refractivity contribution in [1.29, 1.82) is 0 Å². The van der Waals surface area contributed by atoms with Crippen molar-refractivity contribution in [2.45, 2.75) is 11.7 Å². The van der Waals surface area contributed by atoms with E-state index in [1.54, 1.807) is 0 Å². The molecule has 1 aromatic rings. The van der Waals surface area contributed by atoms with Crippen LogP contribution in [0.3, 0.4) is 0 Å². The van der Waals surface area contributed by atoms with E-state index in [4.69, 9.17) is 10.9 Å². The molecule has 1 aliphatic heterocycles. The number of sulfonamides is 1. The first kappa shape index (κ1) is 14.2. The molecule has 0 aromatic heterocycles. The van der Waals surface area contributed by atoms with Gasteiger partial charge in [-0.3, -0.25) is 14.9 Å². The molecule has 1 aliphatic rings. The predicted molar refractivity (Wildman–Crippen MR) is 71.4 cm³/mol. The molecule has 1 heterocycles. The Labute approximate surface area is 114 Å². The summed E-state index contributed by atoms with van der Waals surface area (Å²) in [6.45, 7) is -0.164. The third-order valence-electron chi connectivity index (χ3n) is 3.07. The van der Waals surface area contributed by atoms with E-state index in [-0.39, 0.29) is 30.0 Å². The lowest BCUT2D eigenvalue weighted by atomic mass is 10.2. The minimum atomic E-state index is -3.85. The number of anilines is 2. The molecule has 0 spiro atoms. The van der Waals surface area contributed by atoms with Crippen molar-refractivity contribution in [3.05, 3.63) is 28.3 Å². The first-order valence-corrected chi connectivity index (χ1v) is 7.17. The van der Waals surface area contributed by atoms with Crippen molar-refractivity contribution in [1.82, 2.24) is 0 Å². The molecule has 10 heteroatoms. The van der Waals surface area contributed by atoms with Crippen LogP contribution in [0.15, 0.2) is 18.2 Å². The molecule has 1 amide bonds. The Kier molecular flexibility index (Phi) is 3.36. The molecule has 2 rings (SSSR count). The molecule has 1 atom stereocenters. The zero-order valence-corrected chi connectivity index (χ0v) is 11.0. The van der Waals surface area contributed by atoms with Crippen LogP contribution < -0.4 is 15.8 Å². The lowest BCUT2D eigenvalue weighted by molar-refractivity contribution is -0.384. The van der Waals surface area contributed by atoms with Crippen LogP contribution in [0.25, 0.3) is 0 Å². The third kappa shape index (κ3) is 2.56. The number of nitro benzene ring substituents is 1. The summed E-state index contributed by atoms with van der Waals surface area (Å²) in [4.78, 5) is 23.1. The summed E-state index contributed by atoms with van der Waals surface area (Å²) in [6, 6.07) is 3.64. The summed E-state index contributed by atoms with van der Waals surface area (Å²) >= 11 is 0. The lowest BCUT2D eigenvalue weighted by Gasteiger charge is -2.18. The molecule has 1 fully saturated rings. The third-order valence-corrected chi connectivity index (χ3v) is 4.31. The number of rotatable bonds is 3. The van der Waals surface area contributed by atoms with E-state index in [2.05, 4.69) is 0 Å². The molecule has 0 aliphatic carbocycles. The molecule has 108 valence electrons. The molecule has 20 heavy (non-hydrogen) atoms. The second-order valence-electron chi connectivity index (χ2n) is 4.42. The van der Waals surface area contributed by atoms with Crippen molar-refractivity contribution < 1.29 is 18.1 Å². The fraction of sp³-hybridized carbons (Fsp3) is 0.300. The summed E-state index contributed by atoms with van der Waals surface area (Å²) < 4.78 is 22.6. The Morgan fingerprint density at radius 1 is 1.40 bits per heavy atom. The number of carbonyl (C=O) groups excluding carboxylic acids is 1. The minimum Gasteiger partial charge on any atom is -0.397 e. The highest BCUT2D eigenvalue weighted by atomic mass is 32.2. The van der Waals surface area contributed by atoms with Gasteiger partial charge >= 0.3 is 0 Å². The number of nitro groups is 1. The maximum absolute atomic E-state index is 11.8. The average molecular weight is 300 g/mol. The maximum Gasteiger partial charge on any atom is 0.271 e. The summed E-state index contributed by atoms with van der Waals surface area (Å²) in [6.07, 6.45) is -0.263. The fourth-order valence-corrected chi connectivity index (χ4v) is 2.74. The number of primary sulfonamides is 1. The smallest absolute Gasteiger partial charge is 0.271 e. The summed E-state index contributed by atoms with van der Waals surface area (Å²) in [7, 11) is -3.85. The number of nitrogen functional groups attached to an aromatic ring is 1. The lowest BCUT2D eigenvalue weighted by Crippen LogP contribution is -2.32. The van der Waals surface area contributed by atoms with Crippen molar-refractivity contribution in [2.75, 3.05) is 17.2 Å². The molecular weight excluding hydrogens is 288 g/mol. The molecule has 9 nitrogen and oxygen atoms in total. The van der Waals surface area contributed by atoms with Gasteiger partial charge in [0, 0.05) is 25.1 Å². The van der Waals surface area contributed by atoms with Crippen LogP contribution in [-0.2, 0) is 14.8 Å². The second-order valence-corrected chi connectivity index (χ2v) is 6.26. The normalized spacial score (nSPS) is 19.4. The Hall–Kier alpha value is -2.20. The van der Waals surface area contributed by atoms with Crippen LogP contribution in [0.2, 0.25) is 0 Å². The van der Waals surface area contributed by atoms with Gasteiger partial charge in [0.2, 0.25) is 15.9 Å². The van der Waals surface area contributed by atoms with Crippen molar-refractivity contribution in [2.24, 2.45) is 5.14 Å². The van der Waals surface area contributed by atoms with Crippen molar-refractivity contribution >= 4 is 33.0 Å². The number of non-ortho nitro benzene ring substituents is 1. The number of carbonyl (C=O) groups is 1. The van der Waals surface area contributed by atoms with Crippen LogP contribution in [-0.4, -0.2) is 31.0 Å². The van der Waals surface area contributed by atoms with Gasteiger partial charge in [0.05, 0.1) is 16.3 Å². The SMILES string of the molecule is Nc1ccc([N+](=O)[O-])cc1N1CC(S(N)(=O)=O)CC1=O. The van der Waals surface area contributed by atoms with Gasteiger partial charge in [0.25, 0.3) is 5.69 Å². The molecular formula is C10H12N4O5S. The van der Waals surface area contributed by atoms with E-state index < -0.39 is 26.1 Å². The summed E-state index contributed by atoms with van der Waals surface area (Å²) in [5.74, 6) is -0.490. The Bertz CT molecular complexity index is 687.